The molecule has 1 unspecified atom stereocenters. The molecule has 0 aliphatic rings. The van der Waals surface area contributed by atoms with Gasteiger partial charge in [0.1, 0.15) is 0 Å². The first-order valence-corrected chi connectivity index (χ1v) is 7.06. The second-order valence-electron chi connectivity index (χ2n) is 4.06. The number of rotatable bonds is 6. The van der Waals surface area contributed by atoms with Crippen LogP contribution >= 0.6 is 11.3 Å². The first-order chi connectivity index (χ1) is 9.19. The summed E-state index contributed by atoms with van der Waals surface area (Å²) in [5.41, 5.74) is 1.72. The molecule has 1 atom stereocenters. The molecule has 102 valence electrons. The van der Waals surface area contributed by atoms with E-state index in [0.717, 1.165) is 11.3 Å². The van der Waals surface area contributed by atoms with Crippen LogP contribution < -0.4 is 10.1 Å². The van der Waals surface area contributed by atoms with Crippen molar-refractivity contribution >= 4 is 17.3 Å². The van der Waals surface area contributed by atoms with Crippen molar-refractivity contribution < 1.29 is 9.84 Å². The fourth-order valence-electron chi connectivity index (χ4n) is 1.61. The predicted octanol–water partition coefficient (Wildman–Crippen LogP) is 2.39. The Labute approximate surface area is 116 Å². The first kappa shape index (κ1) is 13.8. The highest BCUT2D eigenvalue weighted by Crippen LogP contribution is 2.17. The highest BCUT2D eigenvalue weighted by Gasteiger charge is 2.09. The monoisotopic (exact) mass is 279 g/mol. The van der Waals surface area contributed by atoms with Gasteiger partial charge in [-0.3, -0.25) is 0 Å². The topological polar surface area (TPSA) is 67.3 Å². The summed E-state index contributed by atoms with van der Waals surface area (Å²) in [5.74, 6) is 1.01. The minimum atomic E-state index is -0.564. The molecule has 2 heterocycles. The van der Waals surface area contributed by atoms with E-state index in [1.165, 1.54) is 0 Å². The van der Waals surface area contributed by atoms with Crippen LogP contribution in [-0.4, -0.2) is 28.2 Å². The molecule has 0 radical (unpaired) electrons. The zero-order valence-corrected chi connectivity index (χ0v) is 11.8. The van der Waals surface area contributed by atoms with Crippen molar-refractivity contribution in [1.82, 2.24) is 9.97 Å². The van der Waals surface area contributed by atoms with Gasteiger partial charge >= 0.3 is 0 Å². The van der Waals surface area contributed by atoms with Gasteiger partial charge < -0.3 is 15.2 Å². The van der Waals surface area contributed by atoms with Crippen LogP contribution in [0.2, 0.25) is 0 Å². The van der Waals surface area contributed by atoms with Gasteiger partial charge in [-0.05, 0) is 36.2 Å². The summed E-state index contributed by atoms with van der Waals surface area (Å²) in [5, 5.41) is 16.9. The average Bonchev–Trinajstić information content (AvgIpc) is 2.89. The zero-order chi connectivity index (χ0) is 13.7. The van der Waals surface area contributed by atoms with Gasteiger partial charge in [0.25, 0.3) is 0 Å². The van der Waals surface area contributed by atoms with Crippen molar-refractivity contribution in [3.8, 4) is 5.88 Å². The van der Waals surface area contributed by atoms with Gasteiger partial charge in [0.05, 0.1) is 12.7 Å². The third-order valence-corrected chi connectivity index (χ3v) is 3.21. The van der Waals surface area contributed by atoms with Gasteiger partial charge in [-0.2, -0.15) is 16.3 Å². The molecule has 5 nitrogen and oxygen atoms in total. The molecule has 0 amide bonds. The number of anilines is 1. The summed E-state index contributed by atoms with van der Waals surface area (Å²) in [6, 6.07) is 3.68. The average molecular weight is 279 g/mol. The molecule has 6 heteroatoms. The molecule has 2 rings (SSSR count). The molecule has 0 aromatic carbocycles. The van der Waals surface area contributed by atoms with Crippen molar-refractivity contribution in [2.45, 2.75) is 20.0 Å². The lowest BCUT2D eigenvalue weighted by Crippen LogP contribution is -2.14. The van der Waals surface area contributed by atoms with E-state index in [1.54, 1.807) is 17.4 Å². The summed E-state index contributed by atoms with van der Waals surface area (Å²) in [6.07, 6.45) is -0.564. The lowest BCUT2D eigenvalue weighted by molar-refractivity contribution is 0.192. The Morgan fingerprint density at radius 1 is 1.47 bits per heavy atom. The smallest absolute Gasteiger partial charge is 0.226 e. The van der Waals surface area contributed by atoms with Crippen LogP contribution in [0.3, 0.4) is 0 Å². The molecule has 2 N–H and O–H groups in total. The fraction of sp³-hybridized carbons (Fsp3) is 0.385. The van der Waals surface area contributed by atoms with Crippen LogP contribution in [0.4, 0.5) is 5.95 Å². The highest BCUT2D eigenvalue weighted by atomic mass is 32.1. The van der Waals surface area contributed by atoms with E-state index in [0.29, 0.717) is 25.0 Å². The molecular weight excluding hydrogens is 262 g/mol. The summed E-state index contributed by atoms with van der Waals surface area (Å²) < 4.78 is 5.35. The van der Waals surface area contributed by atoms with E-state index < -0.39 is 6.10 Å². The number of thiophene rings is 1. The summed E-state index contributed by atoms with van der Waals surface area (Å²) in [6.45, 7) is 4.72. The number of nitrogens with zero attached hydrogens (tertiary/aromatic N) is 2. The minimum absolute atomic E-state index is 0.367. The molecule has 0 spiro atoms. The van der Waals surface area contributed by atoms with Crippen LogP contribution in [0.1, 0.15) is 24.3 Å². The van der Waals surface area contributed by atoms with Crippen LogP contribution in [0.25, 0.3) is 0 Å². The summed E-state index contributed by atoms with van der Waals surface area (Å²) >= 11 is 1.56. The molecule has 0 fully saturated rings. The first-order valence-electron chi connectivity index (χ1n) is 6.11. The number of nitrogens with one attached hydrogen (secondary N) is 1. The number of hydrogen-bond donors (Lipinski definition) is 2. The van der Waals surface area contributed by atoms with Crippen LogP contribution in [-0.2, 0) is 0 Å². The Morgan fingerprint density at radius 3 is 3.00 bits per heavy atom. The number of aliphatic hydroxyl groups is 1. The van der Waals surface area contributed by atoms with Gasteiger partial charge in [-0.1, -0.05) is 0 Å². The van der Waals surface area contributed by atoms with Crippen molar-refractivity contribution in [3.63, 3.8) is 0 Å². The quantitative estimate of drug-likeness (QED) is 0.850. The molecule has 0 saturated carbocycles. The van der Waals surface area contributed by atoms with E-state index in [2.05, 4.69) is 15.3 Å². The highest BCUT2D eigenvalue weighted by molar-refractivity contribution is 7.07. The van der Waals surface area contributed by atoms with E-state index in [4.69, 9.17) is 4.74 Å². The maximum absolute atomic E-state index is 9.97. The largest absolute Gasteiger partial charge is 0.478 e. The van der Waals surface area contributed by atoms with Gasteiger partial charge in [-0.25, -0.2) is 4.98 Å². The van der Waals surface area contributed by atoms with E-state index in [1.807, 2.05) is 30.7 Å². The van der Waals surface area contributed by atoms with Crippen molar-refractivity contribution in [2.75, 3.05) is 18.5 Å². The van der Waals surface area contributed by atoms with E-state index in [-0.39, 0.29) is 0 Å². The van der Waals surface area contributed by atoms with Crippen molar-refractivity contribution in [1.29, 1.82) is 0 Å². The van der Waals surface area contributed by atoms with E-state index >= 15 is 0 Å². The Hall–Kier alpha value is -1.66. The number of hydrogen-bond acceptors (Lipinski definition) is 6. The fourth-order valence-corrected chi connectivity index (χ4v) is 2.32. The molecule has 0 aliphatic carbocycles. The SMILES string of the molecule is CCOc1cc(C)nc(NCC(O)c2ccsc2)n1. The van der Waals surface area contributed by atoms with Crippen LogP contribution in [0.15, 0.2) is 22.9 Å². The number of ether oxygens (including phenoxy) is 1. The number of aliphatic hydroxyl groups excluding tert-OH is 1. The third kappa shape index (κ3) is 3.90. The van der Waals surface area contributed by atoms with Crippen molar-refractivity contribution in [3.05, 3.63) is 34.2 Å². The minimum Gasteiger partial charge on any atom is -0.478 e. The molecule has 2 aromatic rings. The van der Waals surface area contributed by atoms with Gasteiger partial charge in [0, 0.05) is 18.3 Å². The molecule has 19 heavy (non-hydrogen) atoms. The predicted molar refractivity (Wildman–Crippen MR) is 75.7 cm³/mol. The number of aryl methyl sites for hydroxylation is 1. The summed E-state index contributed by atoms with van der Waals surface area (Å²) in [4.78, 5) is 8.48. The van der Waals surface area contributed by atoms with Crippen LogP contribution in [0.5, 0.6) is 5.88 Å². The normalized spacial score (nSPS) is 12.2. The number of aromatic nitrogens is 2. The zero-order valence-electron chi connectivity index (χ0n) is 11.0. The second-order valence-corrected chi connectivity index (χ2v) is 4.84. The van der Waals surface area contributed by atoms with Crippen molar-refractivity contribution in [2.24, 2.45) is 0 Å². The van der Waals surface area contributed by atoms with Gasteiger partial charge in [0.15, 0.2) is 0 Å². The molecular formula is C13H17N3O2S. The Morgan fingerprint density at radius 2 is 2.32 bits per heavy atom. The molecule has 0 bridgehead atoms. The lowest BCUT2D eigenvalue weighted by Gasteiger charge is -2.11. The standard InChI is InChI=1S/C13H17N3O2S/c1-3-18-12-6-9(2)15-13(16-12)14-7-11(17)10-4-5-19-8-10/h4-6,8,11,17H,3,7H2,1-2H3,(H,14,15,16). The second kappa shape index (κ2) is 6.49. The molecule has 0 saturated heterocycles. The van der Waals surface area contributed by atoms with Gasteiger partial charge in [0.2, 0.25) is 11.8 Å². The Balaban J connectivity index is 1.99. The Bertz CT molecular complexity index is 517. The lowest BCUT2D eigenvalue weighted by atomic mass is 10.2. The van der Waals surface area contributed by atoms with E-state index in [9.17, 15) is 5.11 Å². The maximum atomic E-state index is 9.97. The Kier molecular flexibility index (Phi) is 4.70. The molecule has 0 aliphatic heterocycles. The van der Waals surface area contributed by atoms with Crippen LogP contribution in [0, 0.1) is 6.92 Å². The molecule has 2 aromatic heterocycles. The van der Waals surface area contributed by atoms with Gasteiger partial charge in [-0.15, -0.1) is 0 Å². The third-order valence-electron chi connectivity index (χ3n) is 2.50. The summed E-state index contributed by atoms with van der Waals surface area (Å²) in [7, 11) is 0. The maximum Gasteiger partial charge on any atom is 0.226 e.